The highest BCUT2D eigenvalue weighted by Crippen LogP contribution is 2.13. The summed E-state index contributed by atoms with van der Waals surface area (Å²) in [6.45, 7) is -0.350. The molecular weight excluding hydrogens is 316 g/mol. The first kappa shape index (κ1) is 16.8. The topological polar surface area (TPSA) is 102 Å². The van der Waals surface area contributed by atoms with Crippen molar-refractivity contribution in [2.75, 3.05) is 23.9 Å². The Morgan fingerprint density at radius 2 is 2.26 bits per heavy atom. The number of carbonyl (C=O) groups excluding carboxylic acids is 3. The molecule has 120 valence electrons. The van der Waals surface area contributed by atoms with Crippen molar-refractivity contribution in [1.82, 2.24) is 10.2 Å². The molecular formula is C15H16N4O3S. The van der Waals surface area contributed by atoms with Gasteiger partial charge in [-0.2, -0.15) is 17.0 Å². The molecule has 0 aliphatic carbocycles. The largest absolute Gasteiger partial charge is 0.326 e. The summed E-state index contributed by atoms with van der Waals surface area (Å²) >= 11 is 1.58. The van der Waals surface area contributed by atoms with Gasteiger partial charge in [-0.05, 0) is 36.6 Å². The summed E-state index contributed by atoms with van der Waals surface area (Å²) in [5.74, 6) is -0.128. The van der Waals surface area contributed by atoms with Crippen molar-refractivity contribution in [3.63, 3.8) is 0 Å². The highest BCUT2D eigenvalue weighted by atomic mass is 32.2. The lowest BCUT2D eigenvalue weighted by molar-refractivity contribution is -0.130. The quantitative estimate of drug-likeness (QED) is 0.761. The highest BCUT2D eigenvalue weighted by Gasteiger charge is 2.38. The number of rotatable bonds is 6. The number of thioether (sulfide) groups is 1. The third kappa shape index (κ3) is 4.23. The van der Waals surface area contributed by atoms with Crippen LogP contribution in [-0.4, -0.2) is 47.3 Å². The highest BCUT2D eigenvalue weighted by molar-refractivity contribution is 7.98. The smallest absolute Gasteiger partial charge is 0.325 e. The Balaban J connectivity index is 1.95. The van der Waals surface area contributed by atoms with Gasteiger partial charge in [0.25, 0.3) is 5.91 Å². The summed E-state index contributed by atoms with van der Waals surface area (Å²) in [7, 11) is 0. The lowest BCUT2D eigenvalue weighted by atomic mass is 10.2. The van der Waals surface area contributed by atoms with Crippen LogP contribution in [0.3, 0.4) is 0 Å². The van der Waals surface area contributed by atoms with Crippen molar-refractivity contribution in [3.8, 4) is 6.07 Å². The predicted molar refractivity (Wildman–Crippen MR) is 86.8 cm³/mol. The zero-order valence-corrected chi connectivity index (χ0v) is 13.4. The fourth-order valence-electron chi connectivity index (χ4n) is 2.17. The van der Waals surface area contributed by atoms with Crippen molar-refractivity contribution < 1.29 is 14.4 Å². The Kier molecular flexibility index (Phi) is 5.60. The molecule has 1 aliphatic heterocycles. The molecule has 1 aromatic rings. The average molecular weight is 332 g/mol. The van der Waals surface area contributed by atoms with Gasteiger partial charge in [-0.25, -0.2) is 4.79 Å². The van der Waals surface area contributed by atoms with E-state index >= 15 is 0 Å². The third-order valence-electron chi connectivity index (χ3n) is 3.29. The summed E-state index contributed by atoms with van der Waals surface area (Å²) in [4.78, 5) is 36.9. The van der Waals surface area contributed by atoms with E-state index in [4.69, 9.17) is 5.26 Å². The number of imide groups is 1. The fraction of sp³-hybridized carbons (Fsp3) is 0.333. The van der Waals surface area contributed by atoms with Gasteiger partial charge in [0, 0.05) is 5.69 Å². The summed E-state index contributed by atoms with van der Waals surface area (Å²) in [6.07, 6.45) is 2.45. The molecule has 1 fully saturated rings. The Hall–Kier alpha value is -2.53. The van der Waals surface area contributed by atoms with Crippen LogP contribution in [0.5, 0.6) is 0 Å². The molecule has 23 heavy (non-hydrogen) atoms. The van der Waals surface area contributed by atoms with Gasteiger partial charge in [0.05, 0.1) is 11.6 Å². The average Bonchev–Trinajstić information content (AvgIpc) is 2.80. The molecule has 1 saturated heterocycles. The predicted octanol–water partition coefficient (Wildman–Crippen LogP) is 1.17. The molecule has 2 rings (SSSR count). The second kappa shape index (κ2) is 7.65. The van der Waals surface area contributed by atoms with Crippen LogP contribution in [0.15, 0.2) is 24.3 Å². The number of hydrogen-bond donors (Lipinski definition) is 2. The molecule has 1 heterocycles. The SMILES string of the molecule is CSCC[C@@H]1NC(=O)N(CC(=O)Nc2cccc(C#N)c2)C1=O. The number of hydrogen-bond acceptors (Lipinski definition) is 5. The van der Waals surface area contributed by atoms with Gasteiger partial charge in [-0.15, -0.1) is 0 Å². The van der Waals surface area contributed by atoms with E-state index in [1.165, 1.54) is 6.07 Å². The first-order valence-electron chi connectivity index (χ1n) is 6.96. The number of nitrogens with one attached hydrogen (secondary N) is 2. The van der Waals surface area contributed by atoms with E-state index in [0.29, 0.717) is 17.7 Å². The second-order valence-corrected chi connectivity index (χ2v) is 5.93. The second-order valence-electron chi connectivity index (χ2n) is 4.95. The molecule has 0 radical (unpaired) electrons. The van der Waals surface area contributed by atoms with Crippen LogP contribution in [0.25, 0.3) is 0 Å². The lowest BCUT2D eigenvalue weighted by Gasteiger charge is -2.13. The summed E-state index contributed by atoms with van der Waals surface area (Å²) in [6, 6.07) is 7.26. The van der Waals surface area contributed by atoms with Gasteiger partial charge in [-0.1, -0.05) is 6.07 Å². The van der Waals surface area contributed by atoms with E-state index in [-0.39, 0.29) is 12.5 Å². The Bertz CT molecular complexity index is 671. The van der Waals surface area contributed by atoms with E-state index in [1.807, 2.05) is 12.3 Å². The maximum absolute atomic E-state index is 12.1. The van der Waals surface area contributed by atoms with Crippen molar-refractivity contribution >= 4 is 35.3 Å². The molecule has 0 saturated carbocycles. The van der Waals surface area contributed by atoms with Crippen LogP contribution >= 0.6 is 11.8 Å². The summed E-state index contributed by atoms with van der Waals surface area (Å²) < 4.78 is 0. The summed E-state index contributed by atoms with van der Waals surface area (Å²) in [5.41, 5.74) is 0.856. The number of nitrogens with zero attached hydrogens (tertiary/aromatic N) is 2. The van der Waals surface area contributed by atoms with Gasteiger partial charge < -0.3 is 10.6 Å². The molecule has 2 N–H and O–H groups in total. The lowest BCUT2D eigenvalue weighted by Crippen LogP contribution is -2.38. The number of amides is 4. The fourth-order valence-corrected chi connectivity index (χ4v) is 2.64. The first-order chi connectivity index (χ1) is 11.0. The van der Waals surface area contributed by atoms with Crippen molar-refractivity contribution in [1.29, 1.82) is 5.26 Å². The van der Waals surface area contributed by atoms with Gasteiger partial charge in [0.2, 0.25) is 5.91 Å². The standard InChI is InChI=1S/C15H16N4O3S/c1-23-6-5-12-14(21)19(15(22)18-12)9-13(20)17-11-4-2-3-10(7-11)8-16/h2-4,7,12H,5-6,9H2,1H3,(H,17,20)(H,18,22)/t12-/m0/s1. The van der Waals surface area contributed by atoms with E-state index < -0.39 is 18.0 Å². The number of nitriles is 1. The van der Waals surface area contributed by atoms with Crippen LogP contribution in [0.2, 0.25) is 0 Å². The zero-order valence-electron chi connectivity index (χ0n) is 12.5. The molecule has 0 aromatic heterocycles. The van der Waals surface area contributed by atoms with E-state index in [9.17, 15) is 14.4 Å². The molecule has 0 bridgehead atoms. The first-order valence-corrected chi connectivity index (χ1v) is 8.35. The third-order valence-corrected chi connectivity index (χ3v) is 3.94. The normalized spacial score (nSPS) is 16.9. The van der Waals surface area contributed by atoms with Crippen LogP contribution in [0, 0.1) is 11.3 Å². The minimum Gasteiger partial charge on any atom is -0.326 e. The van der Waals surface area contributed by atoms with E-state index in [1.54, 1.807) is 30.0 Å². The maximum Gasteiger partial charge on any atom is 0.325 e. The molecule has 1 aliphatic rings. The molecule has 1 aromatic carbocycles. The van der Waals surface area contributed by atoms with Gasteiger partial charge in [0.15, 0.2) is 0 Å². The molecule has 4 amide bonds. The van der Waals surface area contributed by atoms with Crippen molar-refractivity contribution in [2.45, 2.75) is 12.5 Å². The molecule has 0 unspecified atom stereocenters. The van der Waals surface area contributed by atoms with Crippen LogP contribution in [0.1, 0.15) is 12.0 Å². The van der Waals surface area contributed by atoms with Crippen LogP contribution < -0.4 is 10.6 Å². The minimum absolute atomic E-state index is 0.350. The Labute approximate surface area is 138 Å². The van der Waals surface area contributed by atoms with Crippen molar-refractivity contribution in [3.05, 3.63) is 29.8 Å². The molecule has 7 nitrogen and oxygen atoms in total. The summed E-state index contributed by atoms with van der Waals surface area (Å²) in [5, 5.41) is 14.0. The maximum atomic E-state index is 12.1. The zero-order chi connectivity index (χ0) is 16.8. The monoisotopic (exact) mass is 332 g/mol. The Morgan fingerprint density at radius 1 is 1.48 bits per heavy atom. The van der Waals surface area contributed by atoms with Gasteiger partial charge in [-0.3, -0.25) is 14.5 Å². The molecule has 0 spiro atoms. The van der Waals surface area contributed by atoms with E-state index in [0.717, 1.165) is 10.7 Å². The number of urea groups is 1. The van der Waals surface area contributed by atoms with Crippen molar-refractivity contribution in [2.24, 2.45) is 0 Å². The Morgan fingerprint density at radius 3 is 2.96 bits per heavy atom. The minimum atomic E-state index is -0.565. The number of anilines is 1. The van der Waals surface area contributed by atoms with Gasteiger partial charge in [0.1, 0.15) is 12.6 Å². The number of benzene rings is 1. The van der Waals surface area contributed by atoms with Crippen LogP contribution in [-0.2, 0) is 9.59 Å². The van der Waals surface area contributed by atoms with Gasteiger partial charge >= 0.3 is 6.03 Å². The number of carbonyl (C=O) groups is 3. The molecule has 8 heteroatoms. The van der Waals surface area contributed by atoms with Crippen LogP contribution in [0.4, 0.5) is 10.5 Å². The van der Waals surface area contributed by atoms with E-state index in [2.05, 4.69) is 10.6 Å². The molecule has 1 atom stereocenters.